The summed E-state index contributed by atoms with van der Waals surface area (Å²) >= 11 is 5.39. The Kier molecular flexibility index (Phi) is 4.18. The third kappa shape index (κ3) is 3.20. The number of aromatic nitrogens is 1. The van der Waals surface area contributed by atoms with Crippen molar-refractivity contribution in [2.24, 2.45) is 0 Å². The maximum absolute atomic E-state index is 11.9. The molecule has 0 unspecified atom stereocenters. The number of carbonyl (C=O) groups is 1. The monoisotopic (exact) mass is 418 g/mol. The molecule has 0 aliphatic carbocycles. The Labute approximate surface area is 125 Å². The molecule has 0 saturated heterocycles. The van der Waals surface area contributed by atoms with Crippen LogP contribution in [0.3, 0.4) is 0 Å². The highest BCUT2D eigenvalue weighted by Gasteiger charge is 2.08. The van der Waals surface area contributed by atoms with E-state index in [1.165, 1.54) is 6.20 Å². The summed E-state index contributed by atoms with van der Waals surface area (Å²) in [6.07, 6.45) is 1.52. The van der Waals surface area contributed by atoms with E-state index in [2.05, 4.69) is 48.8 Å². The topological polar surface area (TPSA) is 62.0 Å². The van der Waals surface area contributed by atoms with Crippen LogP contribution in [0.5, 0.6) is 0 Å². The normalized spacial score (nSPS) is 10.1. The van der Waals surface area contributed by atoms with Crippen molar-refractivity contribution < 1.29 is 4.79 Å². The van der Waals surface area contributed by atoms with Gasteiger partial charge in [0, 0.05) is 19.8 Å². The summed E-state index contributed by atoms with van der Waals surface area (Å²) in [5.41, 5.74) is 0.389. The van der Waals surface area contributed by atoms with Gasteiger partial charge in [-0.25, -0.2) is 0 Å². The molecule has 0 atom stereocenters. The SMILES string of the molecule is O=C(Nc1cc(Br)c[nH]c1=O)c1ccc(I)cc1. The molecule has 0 aliphatic heterocycles. The minimum Gasteiger partial charge on any atom is -0.326 e. The van der Waals surface area contributed by atoms with Crippen molar-refractivity contribution in [3.8, 4) is 0 Å². The molecule has 0 spiro atoms. The van der Waals surface area contributed by atoms with E-state index in [0.29, 0.717) is 10.0 Å². The summed E-state index contributed by atoms with van der Waals surface area (Å²) in [4.78, 5) is 25.9. The first-order chi connectivity index (χ1) is 8.56. The fraction of sp³-hybridized carbons (Fsp3) is 0. The number of benzene rings is 1. The van der Waals surface area contributed by atoms with Crippen molar-refractivity contribution in [1.82, 2.24) is 4.98 Å². The predicted octanol–water partition coefficient (Wildman–Crippen LogP) is 2.99. The zero-order valence-corrected chi connectivity index (χ0v) is 12.8. The van der Waals surface area contributed by atoms with Crippen LogP contribution in [0.4, 0.5) is 5.69 Å². The summed E-state index contributed by atoms with van der Waals surface area (Å²) in [5.74, 6) is -0.310. The summed E-state index contributed by atoms with van der Waals surface area (Å²) in [7, 11) is 0. The molecule has 0 saturated carbocycles. The van der Waals surface area contributed by atoms with Gasteiger partial charge >= 0.3 is 0 Å². The highest BCUT2D eigenvalue weighted by atomic mass is 127. The molecular weight excluding hydrogens is 411 g/mol. The molecule has 0 fully saturated rings. The number of anilines is 1. The molecule has 92 valence electrons. The number of H-pyrrole nitrogens is 1. The molecule has 2 rings (SSSR count). The minimum absolute atomic E-state index is 0.216. The van der Waals surface area contributed by atoms with E-state index in [4.69, 9.17) is 0 Å². The lowest BCUT2D eigenvalue weighted by atomic mass is 10.2. The first-order valence-corrected chi connectivity index (χ1v) is 6.88. The van der Waals surface area contributed by atoms with Crippen molar-refractivity contribution in [3.63, 3.8) is 0 Å². The lowest BCUT2D eigenvalue weighted by molar-refractivity contribution is 0.102. The van der Waals surface area contributed by atoms with Crippen LogP contribution >= 0.6 is 38.5 Å². The Morgan fingerprint density at radius 2 is 1.94 bits per heavy atom. The molecule has 4 nitrogen and oxygen atoms in total. The van der Waals surface area contributed by atoms with Crippen LogP contribution < -0.4 is 10.9 Å². The second-order valence-corrected chi connectivity index (χ2v) is 5.68. The number of pyridine rings is 1. The van der Waals surface area contributed by atoms with E-state index in [1.54, 1.807) is 18.2 Å². The number of hydrogen-bond donors (Lipinski definition) is 2. The Morgan fingerprint density at radius 3 is 2.61 bits per heavy atom. The molecule has 2 aromatic rings. The maximum Gasteiger partial charge on any atom is 0.271 e. The molecule has 1 heterocycles. The van der Waals surface area contributed by atoms with E-state index < -0.39 is 0 Å². The van der Waals surface area contributed by atoms with Crippen LogP contribution in [0.25, 0.3) is 0 Å². The number of nitrogens with one attached hydrogen (secondary N) is 2. The average molecular weight is 419 g/mol. The maximum atomic E-state index is 11.9. The number of halogens is 2. The standard InChI is InChI=1S/C12H8BrIN2O2/c13-8-5-10(12(18)15-6-8)16-11(17)7-1-3-9(14)4-2-7/h1-6H,(H,15,18)(H,16,17). The van der Waals surface area contributed by atoms with E-state index in [9.17, 15) is 9.59 Å². The molecule has 1 aromatic carbocycles. The van der Waals surface area contributed by atoms with Gasteiger partial charge in [-0.1, -0.05) is 0 Å². The van der Waals surface area contributed by atoms with Gasteiger partial charge in [0.2, 0.25) is 0 Å². The van der Waals surface area contributed by atoms with Crippen molar-refractivity contribution in [2.75, 3.05) is 5.32 Å². The second-order valence-electron chi connectivity index (χ2n) is 3.52. The van der Waals surface area contributed by atoms with Gasteiger partial charge in [-0.15, -0.1) is 0 Å². The van der Waals surface area contributed by atoms with Crippen LogP contribution in [-0.2, 0) is 0 Å². The van der Waals surface area contributed by atoms with Gasteiger partial charge < -0.3 is 10.3 Å². The number of amides is 1. The van der Waals surface area contributed by atoms with Crippen molar-refractivity contribution in [2.45, 2.75) is 0 Å². The Balaban J connectivity index is 2.24. The van der Waals surface area contributed by atoms with Crippen LogP contribution in [0.15, 0.2) is 45.8 Å². The smallest absolute Gasteiger partial charge is 0.271 e. The molecule has 0 radical (unpaired) electrons. The first-order valence-electron chi connectivity index (χ1n) is 5.01. The Hall–Kier alpha value is -1.15. The molecule has 2 N–H and O–H groups in total. The summed E-state index contributed by atoms with van der Waals surface area (Å²) in [6.45, 7) is 0. The first kappa shape index (κ1) is 13.3. The van der Waals surface area contributed by atoms with E-state index >= 15 is 0 Å². The number of aromatic amines is 1. The third-order valence-corrected chi connectivity index (χ3v) is 3.40. The number of hydrogen-bond acceptors (Lipinski definition) is 2. The molecule has 0 aliphatic rings. The summed E-state index contributed by atoms with van der Waals surface area (Å²) in [6, 6.07) is 8.65. The molecule has 0 bridgehead atoms. The van der Waals surface area contributed by atoms with E-state index in [0.717, 1.165) is 3.57 Å². The van der Waals surface area contributed by atoms with Gasteiger partial charge in [-0.05, 0) is 68.9 Å². The number of carbonyl (C=O) groups excluding carboxylic acids is 1. The van der Waals surface area contributed by atoms with Gasteiger partial charge in [-0.3, -0.25) is 9.59 Å². The highest BCUT2D eigenvalue weighted by molar-refractivity contribution is 14.1. The van der Waals surface area contributed by atoms with Gasteiger partial charge in [-0.2, -0.15) is 0 Å². The van der Waals surface area contributed by atoms with Gasteiger partial charge in [0.15, 0.2) is 0 Å². The van der Waals surface area contributed by atoms with Crippen molar-refractivity contribution in [1.29, 1.82) is 0 Å². The lowest BCUT2D eigenvalue weighted by Crippen LogP contribution is -2.19. The fourth-order valence-electron chi connectivity index (χ4n) is 1.35. The Bertz CT molecular complexity index is 637. The van der Waals surface area contributed by atoms with Gasteiger partial charge in [0.05, 0.1) is 0 Å². The van der Waals surface area contributed by atoms with Gasteiger partial charge in [0.1, 0.15) is 5.69 Å². The molecule has 18 heavy (non-hydrogen) atoms. The van der Waals surface area contributed by atoms with Crippen LogP contribution in [0.1, 0.15) is 10.4 Å². The predicted molar refractivity (Wildman–Crippen MR) is 81.9 cm³/mol. The minimum atomic E-state index is -0.336. The average Bonchev–Trinajstić information content (AvgIpc) is 2.34. The fourth-order valence-corrected chi connectivity index (χ4v) is 2.05. The summed E-state index contributed by atoms with van der Waals surface area (Å²) < 4.78 is 1.74. The van der Waals surface area contributed by atoms with E-state index in [-0.39, 0.29) is 17.2 Å². The quantitative estimate of drug-likeness (QED) is 0.736. The highest BCUT2D eigenvalue weighted by Crippen LogP contribution is 2.12. The van der Waals surface area contributed by atoms with Crippen LogP contribution in [0.2, 0.25) is 0 Å². The molecule has 1 amide bonds. The third-order valence-electron chi connectivity index (χ3n) is 2.22. The van der Waals surface area contributed by atoms with Crippen LogP contribution in [-0.4, -0.2) is 10.9 Å². The lowest BCUT2D eigenvalue weighted by Gasteiger charge is -2.04. The molecular formula is C12H8BrIN2O2. The Morgan fingerprint density at radius 1 is 1.28 bits per heavy atom. The zero-order valence-electron chi connectivity index (χ0n) is 9.04. The zero-order chi connectivity index (χ0) is 13.1. The summed E-state index contributed by atoms with van der Waals surface area (Å²) in [5, 5.41) is 2.57. The van der Waals surface area contributed by atoms with Gasteiger partial charge in [0.25, 0.3) is 11.5 Å². The largest absolute Gasteiger partial charge is 0.326 e. The van der Waals surface area contributed by atoms with Crippen molar-refractivity contribution in [3.05, 3.63) is 60.5 Å². The second kappa shape index (κ2) is 5.66. The van der Waals surface area contributed by atoms with Crippen molar-refractivity contribution >= 4 is 50.1 Å². The van der Waals surface area contributed by atoms with E-state index in [1.807, 2.05) is 12.1 Å². The molecule has 1 aromatic heterocycles. The number of rotatable bonds is 2. The van der Waals surface area contributed by atoms with Crippen LogP contribution in [0, 0.1) is 3.57 Å². The molecule has 6 heteroatoms.